The molecule has 2 heterocycles. The Morgan fingerprint density at radius 2 is 1.97 bits per heavy atom. The number of rotatable bonds is 8. The van der Waals surface area contributed by atoms with E-state index in [0.717, 1.165) is 18.5 Å². The van der Waals surface area contributed by atoms with Gasteiger partial charge >= 0.3 is 0 Å². The fraction of sp³-hybridized carbons (Fsp3) is 0.304. The van der Waals surface area contributed by atoms with E-state index < -0.39 is 5.82 Å². The number of furan rings is 1. The molecule has 0 radical (unpaired) electrons. The van der Waals surface area contributed by atoms with Gasteiger partial charge < -0.3 is 18.8 Å². The number of hydrogen-bond donors (Lipinski definition) is 0. The van der Waals surface area contributed by atoms with Crippen LogP contribution in [0.3, 0.4) is 0 Å². The highest BCUT2D eigenvalue weighted by atomic mass is 19.1. The Morgan fingerprint density at radius 3 is 2.60 bits per heavy atom. The van der Waals surface area contributed by atoms with E-state index in [1.807, 2.05) is 36.0 Å². The third-order valence-corrected chi connectivity index (χ3v) is 5.31. The molecular formula is C23H24FN3O3. The van der Waals surface area contributed by atoms with Crippen LogP contribution in [0.15, 0.2) is 65.4 Å². The number of carbonyl (C=O) groups is 2. The van der Waals surface area contributed by atoms with Crippen molar-refractivity contribution in [3.63, 3.8) is 0 Å². The molecule has 0 N–H and O–H groups in total. The zero-order valence-corrected chi connectivity index (χ0v) is 16.8. The lowest BCUT2D eigenvalue weighted by atomic mass is 10.2. The lowest BCUT2D eigenvalue weighted by Crippen LogP contribution is -2.43. The summed E-state index contributed by atoms with van der Waals surface area (Å²) in [6, 6.07) is 13.1. The molecule has 6 nitrogen and oxygen atoms in total. The second-order valence-corrected chi connectivity index (χ2v) is 7.61. The van der Waals surface area contributed by atoms with E-state index >= 15 is 0 Å². The first-order valence-corrected chi connectivity index (χ1v) is 9.98. The molecule has 1 aliphatic rings. The van der Waals surface area contributed by atoms with Gasteiger partial charge in [-0.1, -0.05) is 6.07 Å². The summed E-state index contributed by atoms with van der Waals surface area (Å²) in [5.41, 5.74) is 1.24. The number of aryl methyl sites for hydroxylation is 1. The van der Waals surface area contributed by atoms with Gasteiger partial charge in [0.2, 0.25) is 5.91 Å². The maximum Gasteiger partial charge on any atom is 0.254 e. The van der Waals surface area contributed by atoms with Crippen LogP contribution in [-0.4, -0.2) is 38.8 Å². The second kappa shape index (κ2) is 8.57. The van der Waals surface area contributed by atoms with Crippen LogP contribution in [0.2, 0.25) is 0 Å². The minimum atomic E-state index is -0.467. The van der Waals surface area contributed by atoms with Crippen LogP contribution in [-0.2, 0) is 24.9 Å². The molecule has 3 aromatic rings. The molecule has 2 amide bonds. The zero-order valence-electron chi connectivity index (χ0n) is 16.8. The third kappa shape index (κ3) is 4.62. The maximum atomic E-state index is 13.6. The Kier molecular flexibility index (Phi) is 5.70. The predicted molar refractivity (Wildman–Crippen MR) is 109 cm³/mol. The summed E-state index contributed by atoms with van der Waals surface area (Å²) in [6.07, 6.45) is 5.20. The van der Waals surface area contributed by atoms with Crippen LogP contribution in [0.5, 0.6) is 0 Å². The Balaban J connectivity index is 1.53. The number of hydrogen-bond acceptors (Lipinski definition) is 3. The van der Waals surface area contributed by atoms with Crippen molar-refractivity contribution in [3.8, 4) is 0 Å². The van der Waals surface area contributed by atoms with E-state index in [9.17, 15) is 14.0 Å². The Hall–Kier alpha value is -3.35. The summed E-state index contributed by atoms with van der Waals surface area (Å²) in [5, 5.41) is 0. The summed E-state index contributed by atoms with van der Waals surface area (Å²) < 4.78 is 21.0. The summed E-state index contributed by atoms with van der Waals surface area (Å²) in [4.78, 5) is 29.5. The molecule has 156 valence electrons. The molecule has 1 aliphatic carbocycles. The number of benzene rings is 1. The van der Waals surface area contributed by atoms with Gasteiger partial charge in [-0.3, -0.25) is 9.59 Å². The Morgan fingerprint density at radius 1 is 1.13 bits per heavy atom. The number of nitrogens with zero attached hydrogens (tertiary/aromatic N) is 3. The average molecular weight is 409 g/mol. The number of amides is 2. The van der Waals surface area contributed by atoms with Crippen LogP contribution >= 0.6 is 0 Å². The van der Waals surface area contributed by atoms with Crippen molar-refractivity contribution in [3.05, 3.63) is 83.8 Å². The SMILES string of the molecule is Cn1cccc1CN(Cc1ccco1)C(=O)CN(C(=O)c1cccc(F)c1)C1CC1. The summed E-state index contributed by atoms with van der Waals surface area (Å²) in [6.45, 7) is 0.657. The molecule has 0 unspecified atom stereocenters. The number of carbonyl (C=O) groups excluding carboxylic acids is 2. The molecular weight excluding hydrogens is 385 g/mol. The molecule has 30 heavy (non-hydrogen) atoms. The van der Waals surface area contributed by atoms with Gasteiger partial charge in [-0.15, -0.1) is 0 Å². The number of halogens is 1. The van der Waals surface area contributed by atoms with Gasteiger partial charge in [0.05, 0.1) is 19.4 Å². The van der Waals surface area contributed by atoms with E-state index in [2.05, 4.69) is 0 Å². The highest BCUT2D eigenvalue weighted by Gasteiger charge is 2.35. The molecule has 1 fully saturated rings. The molecule has 0 aliphatic heterocycles. The van der Waals surface area contributed by atoms with E-state index in [4.69, 9.17) is 4.42 Å². The quantitative estimate of drug-likeness (QED) is 0.571. The summed E-state index contributed by atoms with van der Waals surface area (Å²) in [7, 11) is 1.93. The largest absolute Gasteiger partial charge is 0.467 e. The average Bonchev–Trinajstić information content (AvgIpc) is 3.29. The first-order chi connectivity index (χ1) is 14.5. The standard InChI is InChI=1S/C23H24FN3O3/c1-25-11-3-7-20(25)14-26(15-21-8-4-12-30-21)22(28)16-27(19-9-10-19)23(29)17-5-2-6-18(24)13-17/h2-8,11-13,19H,9-10,14-16H2,1H3. The van der Waals surface area contributed by atoms with Crippen molar-refractivity contribution in [2.75, 3.05) is 6.54 Å². The van der Waals surface area contributed by atoms with E-state index in [1.165, 1.54) is 18.2 Å². The fourth-order valence-corrected chi connectivity index (χ4v) is 3.47. The van der Waals surface area contributed by atoms with E-state index in [0.29, 0.717) is 18.8 Å². The summed E-state index contributed by atoms with van der Waals surface area (Å²) in [5.74, 6) is -0.288. The smallest absolute Gasteiger partial charge is 0.254 e. The van der Waals surface area contributed by atoms with Crippen LogP contribution in [0.1, 0.15) is 34.7 Å². The minimum Gasteiger partial charge on any atom is -0.467 e. The van der Waals surface area contributed by atoms with Crippen LogP contribution in [0, 0.1) is 5.82 Å². The first-order valence-electron chi connectivity index (χ1n) is 9.98. The van der Waals surface area contributed by atoms with Gasteiger partial charge in [0.25, 0.3) is 5.91 Å². The molecule has 1 saturated carbocycles. The Labute approximate surface area is 174 Å². The van der Waals surface area contributed by atoms with E-state index in [1.54, 1.807) is 28.2 Å². The number of aromatic nitrogens is 1. The van der Waals surface area contributed by atoms with E-state index in [-0.39, 0.29) is 30.0 Å². The summed E-state index contributed by atoms with van der Waals surface area (Å²) >= 11 is 0. The molecule has 4 rings (SSSR count). The van der Waals surface area contributed by atoms with Crippen LogP contribution < -0.4 is 0 Å². The highest BCUT2D eigenvalue weighted by molar-refractivity contribution is 5.97. The first kappa shape index (κ1) is 19.9. The van der Waals surface area contributed by atoms with Crippen molar-refractivity contribution in [2.45, 2.75) is 32.0 Å². The van der Waals surface area contributed by atoms with Crippen molar-refractivity contribution >= 4 is 11.8 Å². The van der Waals surface area contributed by atoms with Gasteiger partial charge in [0.15, 0.2) is 0 Å². The second-order valence-electron chi connectivity index (χ2n) is 7.61. The van der Waals surface area contributed by atoms with Gasteiger partial charge in [0, 0.05) is 30.5 Å². The molecule has 0 spiro atoms. The molecule has 2 aromatic heterocycles. The van der Waals surface area contributed by atoms with Crippen molar-refractivity contribution in [1.29, 1.82) is 0 Å². The van der Waals surface area contributed by atoms with Gasteiger partial charge in [-0.2, -0.15) is 0 Å². The van der Waals surface area contributed by atoms with Crippen molar-refractivity contribution in [1.82, 2.24) is 14.4 Å². The molecule has 0 bridgehead atoms. The highest BCUT2D eigenvalue weighted by Crippen LogP contribution is 2.28. The fourth-order valence-electron chi connectivity index (χ4n) is 3.47. The molecule has 1 aromatic carbocycles. The van der Waals surface area contributed by atoms with Crippen LogP contribution in [0.4, 0.5) is 4.39 Å². The third-order valence-electron chi connectivity index (χ3n) is 5.31. The molecule has 0 saturated heterocycles. The molecule has 7 heteroatoms. The predicted octanol–water partition coefficient (Wildman–Crippen LogP) is 3.59. The minimum absolute atomic E-state index is 0.0187. The monoisotopic (exact) mass is 409 g/mol. The van der Waals surface area contributed by atoms with Gasteiger partial charge in [-0.05, 0) is 55.3 Å². The zero-order chi connectivity index (χ0) is 21.1. The van der Waals surface area contributed by atoms with Crippen molar-refractivity contribution < 1.29 is 18.4 Å². The maximum absolute atomic E-state index is 13.6. The van der Waals surface area contributed by atoms with Gasteiger partial charge in [0.1, 0.15) is 18.1 Å². The topological polar surface area (TPSA) is 58.7 Å². The van der Waals surface area contributed by atoms with Gasteiger partial charge in [-0.25, -0.2) is 4.39 Å². The molecule has 0 atom stereocenters. The lowest BCUT2D eigenvalue weighted by molar-refractivity contribution is -0.133. The van der Waals surface area contributed by atoms with Crippen LogP contribution in [0.25, 0.3) is 0 Å². The lowest BCUT2D eigenvalue weighted by Gasteiger charge is -2.27. The van der Waals surface area contributed by atoms with Crippen molar-refractivity contribution in [2.24, 2.45) is 7.05 Å². The Bertz CT molecular complexity index is 1020. The normalized spacial score (nSPS) is 13.3.